The lowest BCUT2D eigenvalue weighted by atomic mass is 10.1. The largest absolute Gasteiger partial charge is 0.382 e. The van der Waals surface area contributed by atoms with Gasteiger partial charge in [0.05, 0.1) is 5.69 Å². The summed E-state index contributed by atoms with van der Waals surface area (Å²) in [5.41, 5.74) is 8.84. The van der Waals surface area contributed by atoms with Crippen molar-refractivity contribution in [1.29, 1.82) is 0 Å². The number of aromatic amines is 1. The zero-order valence-corrected chi connectivity index (χ0v) is 10.8. The molecule has 0 amide bonds. The first-order valence-electron chi connectivity index (χ1n) is 5.21. The molecule has 4 nitrogen and oxygen atoms in total. The van der Waals surface area contributed by atoms with Gasteiger partial charge in [-0.05, 0) is 12.1 Å². The third-order valence-corrected chi connectivity index (χ3v) is 3.51. The van der Waals surface area contributed by atoms with Gasteiger partial charge >= 0.3 is 0 Å². The second-order valence-corrected chi connectivity index (χ2v) is 4.85. The summed E-state index contributed by atoms with van der Waals surface area (Å²) in [6.07, 6.45) is 2.07. The molecule has 0 aliphatic carbocycles. The maximum Gasteiger partial charge on any atom is 0.145 e. The Labute approximate surface area is 107 Å². The van der Waals surface area contributed by atoms with Crippen LogP contribution in [0.2, 0.25) is 0 Å². The van der Waals surface area contributed by atoms with Gasteiger partial charge in [-0.3, -0.25) is 5.10 Å². The first kappa shape index (κ1) is 10.4. The Hall–Kier alpha value is -1.75. The number of hydrogen-bond acceptors (Lipinski definition) is 2. The van der Waals surface area contributed by atoms with Gasteiger partial charge in [-0.25, -0.2) is 0 Å². The zero-order chi connectivity index (χ0) is 12.0. The first-order chi connectivity index (χ1) is 8.16. The van der Waals surface area contributed by atoms with Crippen LogP contribution in [0.4, 0.5) is 5.82 Å². The van der Waals surface area contributed by atoms with Crippen molar-refractivity contribution in [3.8, 4) is 11.3 Å². The van der Waals surface area contributed by atoms with E-state index in [2.05, 4.69) is 43.0 Å². The average molecular weight is 291 g/mol. The second-order valence-electron chi connectivity index (χ2n) is 3.99. The van der Waals surface area contributed by atoms with Crippen LogP contribution in [0.15, 0.2) is 34.9 Å². The van der Waals surface area contributed by atoms with Gasteiger partial charge in [0.2, 0.25) is 0 Å². The molecule has 0 atom stereocenters. The smallest absolute Gasteiger partial charge is 0.145 e. The van der Waals surface area contributed by atoms with Crippen LogP contribution in [0, 0.1) is 0 Å². The highest BCUT2D eigenvalue weighted by Crippen LogP contribution is 2.34. The van der Waals surface area contributed by atoms with E-state index in [1.54, 1.807) is 0 Å². The molecule has 2 heterocycles. The monoisotopic (exact) mass is 290 g/mol. The van der Waals surface area contributed by atoms with E-state index in [0.29, 0.717) is 5.82 Å². The van der Waals surface area contributed by atoms with Crippen LogP contribution < -0.4 is 5.73 Å². The Bertz CT molecular complexity index is 696. The maximum absolute atomic E-state index is 5.64. The van der Waals surface area contributed by atoms with Gasteiger partial charge in [-0.1, -0.05) is 22.0 Å². The number of aryl methyl sites for hydroxylation is 1. The highest BCUT2D eigenvalue weighted by Gasteiger charge is 2.12. The summed E-state index contributed by atoms with van der Waals surface area (Å²) in [4.78, 5) is 0. The molecule has 3 aromatic rings. The van der Waals surface area contributed by atoms with E-state index >= 15 is 0 Å². The number of hydrogen-bond donors (Lipinski definition) is 2. The molecular weight excluding hydrogens is 280 g/mol. The average Bonchev–Trinajstić information content (AvgIpc) is 2.85. The Kier molecular flexibility index (Phi) is 2.22. The summed E-state index contributed by atoms with van der Waals surface area (Å²) >= 11 is 3.59. The van der Waals surface area contributed by atoms with Gasteiger partial charge in [-0.2, -0.15) is 5.10 Å². The lowest BCUT2D eigenvalue weighted by Gasteiger charge is -1.98. The summed E-state index contributed by atoms with van der Waals surface area (Å²) in [7, 11) is 2.03. The van der Waals surface area contributed by atoms with Crippen molar-refractivity contribution in [3.63, 3.8) is 0 Å². The van der Waals surface area contributed by atoms with Gasteiger partial charge in [-0.15, -0.1) is 0 Å². The van der Waals surface area contributed by atoms with Gasteiger partial charge in [0.15, 0.2) is 0 Å². The summed E-state index contributed by atoms with van der Waals surface area (Å²) in [6.45, 7) is 0. The molecule has 0 radical (unpaired) electrons. The number of H-pyrrole nitrogens is 1. The summed E-state index contributed by atoms with van der Waals surface area (Å²) in [5, 5.41) is 8.08. The molecule has 0 saturated carbocycles. The van der Waals surface area contributed by atoms with Gasteiger partial charge < -0.3 is 10.3 Å². The van der Waals surface area contributed by atoms with Crippen LogP contribution in [0.25, 0.3) is 22.2 Å². The lowest BCUT2D eigenvalue weighted by molar-refractivity contribution is 0.969. The number of nitrogen functional groups attached to an aromatic ring is 1. The van der Waals surface area contributed by atoms with Gasteiger partial charge in [0.1, 0.15) is 5.82 Å². The van der Waals surface area contributed by atoms with Crippen LogP contribution in [-0.2, 0) is 7.05 Å². The maximum atomic E-state index is 5.64. The molecule has 0 fully saturated rings. The topological polar surface area (TPSA) is 59.6 Å². The SMILES string of the molecule is Cn1cc(-c2cc(N)n[nH]2)c2c(Br)cccc21. The fourth-order valence-corrected chi connectivity index (χ4v) is 2.65. The van der Waals surface area contributed by atoms with Crippen molar-refractivity contribution < 1.29 is 0 Å². The minimum atomic E-state index is 0.504. The van der Waals surface area contributed by atoms with E-state index in [-0.39, 0.29) is 0 Å². The molecule has 86 valence electrons. The predicted molar refractivity (Wildman–Crippen MR) is 72.6 cm³/mol. The fourth-order valence-electron chi connectivity index (χ4n) is 2.08. The number of nitrogens with zero attached hydrogens (tertiary/aromatic N) is 2. The first-order valence-corrected chi connectivity index (χ1v) is 6.01. The van der Waals surface area contributed by atoms with E-state index in [4.69, 9.17) is 5.73 Å². The summed E-state index contributed by atoms with van der Waals surface area (Å²) < 4.78 is 3.16. The second kappa shape index (κ2) is 3.63. The van der Waals surface area contributed by atoms with Crippen molar-refractivity contribution in [3.05, 3.63) is 34.9 Å². The van der Waals surface area contributed by atoms with Crippen LogP contribution >= 0.6 is 15.9 Å². The molecular formula is C12H11BrN4. The van der Waals surface area contributed by atoms with E-state index < -0.39 is 0 Å². The van der Waals surface area contributed by atoms with Crippen LogP contribution in [0.1, 0.15) is 0 Å². The lowest BCUT2D eigenvalue weighted by Crippen LogP contribution is -1.82. The molecule has 3 rings (SSSR count). The van der Waals surface area contributed by atoms with Gasteiger partial charge in [0.25, 0.3) is 0 Å². The molecule has 2 aromatic heterocycles. The van der Waals surface area contributed by atoms with Crippen LogP contribution in [-0.4, -0.2) is 14.8 Å². The van der Waals surface area contributed by atoms with Crippen molar-refractivity contribution in [2.45, 2.75) is 0 Å². The molecule has 17 heavy (non-hydrogen) atoms. The van der Waals surface area contributed by atoms with Crippen molar-refractivity contribution >= 4 is 32.7 Å². The number of nitrogens with two attached hydrogens (primary N) is 1. The Morgan fingerprint density at radius 1 is 1.41 bits per heavy atom. The quantitative estimate of drug-likeness (QED) is 0.724. The van der Waals surface area contributed by atoms with E-state index in [1.165, 1.54) is 10.9 Å². The molecule has 0 bridgehead atoms. The molecule has 0 spiro atoms. The standard InChI is InChI=1S/C12H11BrN4/c1-17-6-7(9-5-11(14)16-15-9)12-8(13)3-2-4-10(12)17/h2-6H,1H3,(H3,14,15,16). The Morgan fingerprint density at radius 2 is 2.24 bits per heavy atom. The van der Waals surface area contributed by atoms with E-state index in [0.717, 1.165) is 15.7 Å². The van der Waals surface area contributed by atoms with E-state index in [9.17, 15) is 0 Å². The summed E-state index contributed by atoms with van der Waals surface area (Å²) in [5.74, 6) is 0.504. The highest BCUT2D eigenvalue weighted by molar-refractivity contribution is 9.10. The van der Waals surface area contributed by atoms with Crippen LogP contribution in [0.3, 0.4) is 0 Å². The van der Waals surface area contributed by atoms with E-state index in [1.807, 2.05) is 25.2 Å². The fraction of sp³-hybridized carbons (Fsp3) is 0.0833. The van der Waals surface area contributed by atoms with Crippen LogP contribution in [0.5, 0.6) is 0 Å². The number of nitrogens with one attached hydrogen (secondary N) is 1. The molecule has 3 N–H and O–H groups in total. The summed E-state index contributed by atoms with van der Waals surface area (Å²) in [6, 6.07) is 7.99. The molecule has 1 aromatic carbocycles. The number of benzene rings is 1. The predicted octanol–water partition coefficient (Wildman–Crippen LogP) is 2.91. The van der Waals surface area contributed by atoms with Crippen molar-refractivity contribution in [1.82, 2.24) is 14.8 Å². The molecule has 0 unspecified atom stereocenters. The molecule has 5 heteroatoms. The Morgan fingerprint density at radius 3 is 2.94 bits per heavy atom. The van der Waals surface area contributed by atoms with Crippen molar-refractivity contribution in [2.75, 3.05) is 5.73 Å². The molecule has 0 saturated heterocycles. The molecule has 0 aliphatic heterocycles. The normalized spacial score (nSPS) is 11.2. The molecule has 0 aliphatic rings. The van der Waals surface area contributed by atoms with Gasteiger partial charge in [0, 0.05) is 40.2 Å². The minimum absolute atomic E-state index is 0.504. The van der Waals surface area contributed by atoms with Crippen molar-refractivity contribution in [2.24, 2.45) is 7.05 Å². The number of fused-ring (bicyclic) bond motifs is 1. The number of anilines is 1. The third-order valence-electron chi connectivity index (χ3n) is 2.85. The zero-order valence-electron chi connectivity index (χ0n) is 9.24. The minimum Gasteiger partial charge on any atom is -0.382 e. The number of halogens is 1. The third kappa shape index (κ3) is 1.54. The Balaban J connectivity index is 2.37. The number of aromatic nitrogens is 3. The highest BCUT2D eigenvalue weighted by atomic mass is 79.9. The number of rotatable bonds is 1.